The number of rotatable bonds is 5. The van der Waals surface area contributed by atoms with Gasteiger partial charge < -0.3 is 21.0 Å². The number of nitrogen functional groups attached to an aromatic ring is 1. The summed E-state index contributed by atoms with van der Waals surface area (Å²) in [6, 6.07) is 13.0. The Morgan fingerprint density at radius 3 is 2.56 bits per heavy atom. The van der Waals surface area contributed by atoms with E-state index in [2.05, 4.69) is 19.9 Å². The molecule has 3 heterocycles. The average molecular weight is 448 g/mol. The minimum atomic E-state index is -3.25. The summed E-state index contributed by atoms with van der Waals surface area (Å²) < 4.78 is 25.5. The van der Waals surface area contributed by atoms with Crippen molar-refractivity contribution in [3.8, 4) is 11.1 Å². The molecule has 0 unspecified atom stereocenters. The predicted molar refractivity (Wildman–Crippen MR) is 124 cm³/mol. The molecule has 5 N–H and O–H groups in total. The van der Waals surface area contributed by atoms with E-state index in [1.807, 2.05) is 34.9 Å². The zero-order valence-corrected chi connectivity index (χ0v) is 18.1. The summed E-state index contributed by atoms with van der Waals surface area (Å²) in [5, 5.41) is 1.01. The first-order valence-electron chi connectivity index (χ1n) is 9.90. The maximum atomic E-state index is 11.8. The molecule has 5 rings (SSSR count). The second-order valence-corrected chi connectivity index (χ2v) is 9.68. The summed E-state index contributed by atoms with van der Waals surface area (Å²) in [7, 11) is -3.25. The minimum absolute atomic E-state index is 0.291. The molecule has 5 aromatic rings. The van der Waals surface area contributed by atoms with Gasteiger partial charge in [0.2, 0.25) is 0 Å². The Hall–Kier alpha value is -3.76. The van der Waals surface area contributed by atoms with Gasteiger partial charge in [-0.3, -0.25) is 0 Å². The van der Waals surface area contributed by atoms with Crippen LogP contribution in [0, 0.1) is 0 Å². The van der Waals surface area contributed by atoms with E-state index < -0.39 is 9.84 Å². The van der Waals surface area contributed by atoms with E-state index >= 15 is 0 Å². The third kappa shape index (κ3) is 3.39. The van der Waals surface area contributed by atoms with Crippen molar-refractivity contribution < 1.29 is 8.42 Å². The third-order valence-corrected chi connectivity index (χ3v) is 6.65. The number of imidazole rings is 1. The Kier molecular flexibility index (Phi) is 4.68. The molecule has 0 bridgehead atoms. The number of nitrogens with zero attached hydrogens (tertiary/aromatic N) is 4. The largest absolute Gasteiger partial charge is 0.382 e. The van der Waals surface area contributed by atoms with Crippen LogP contribution < -0.4 is 11.5 Å². The van der Waals surface area contributed by atoms with Gasteiger partial charge >= 0.3 is 0 Å². The molecule has 0 saturated heterocycles. The molecule has 0 spiro atoms. The molecule has 2 aromatic carbocycles. The number of anilines is 1. The van der Waals surface area contributed by atoms with Crippen molar-refractivity contribution in [1.82, 2.24) is 24.5 Å². The van der Waals surface area contributed by atoms with Gasteiger partial charge in [0.1, 0.15) is 11.8 Å². The normalized spacial score (nSPS) is 12.1. The van der Waals surface area contributed by atoms with E-state index in [1.54, 1.807) is 18.5 Å². The van der Waals surface area contributed by atoms with Gasteiger partial charge in [0, 0.05) is 23.9 Å². The van der Waals surface area contributed by atoms with Crippen LogP contribution in [0.15, 0.2) is 60.0 Å². The average Bonchev–Trinajstić information content (AvgIpc) is 3.39. The number of nitrogens with two attached hydrogens (primary N) is 2. The number of fused-ring (bicyclic) bond motifs is 2. The summed E-state index contributed by atoms with van der Waals surface area (Å²) in [6.07, 6.45) is 4.33. The van der Waals surface area contributed by atoms with Crippen LogP contribution in [0.2, 0.25) is 0 Å². The molecule has 0 radical (unpaired) electrons. The lowest BCUT2D eigenvalue weighted by atomic mass is 9.99. The molecular weight excluding hydrogens is 426 g/mol. The lowest BCUT2D eigenvalue weighted by molar-refractivity contribution is 0.602. The first-order chi connectivity index (χ1) is 15.3. The van der Waals surface area contributed by atoms with Crippen molar-refractivity contribution in [2.24, 2.45) is 5.73 Å². The lowest BCUT2D eigenvalue weighted by Crippen LogP contribution is -2.02. The number of aromatic amines is 1. The number of benzene rings is 2. The summed E-state index contributed by atoms with van der Waals surface area (Å²) in [5.41, 5.74) is 17.9. The Balaban J connectivity index is 1.61. The molecular formula is C22H21N7O2S. The fourth-order valence-electron chi connectivity index (χ4n) is 3.91. The fourth-order valence-corrected chi connectivity index (χ4v) is 4.54. The highest BCUT2D eigenvalue weighted by atomic mass is 32.2. The van der Waals surface area contributed by atoms with E-state index in [0.29, 0.717) is 35.0 Å². The van der Waals surface area contributed by atoms with Crippen LogP contribution >= 0.6 is 0 Å². The summed E-state index contributed by atoms with van der Waals surface area (Å²) in [5.74, 6) is 0.345. The molecule has 32 heavy (non-hydrogen) atoms. The maximum Gasteiger partial charge on any atom is 0.175 e. The highest BCUT2D eigenvalue weighted by molar-refractivity contribution is 7.90. The molecule has 3 aromatic heterocycles. The molecule has 0 atom stereocenters. The summed E-state index contributed by atoms with van der Waals surface area (Å²) in [6.45, 7) is 0.902. The van der Waals surface area contributed by atoms with E-state index in [-0.39, 0.29) is 0 Å². The van der Waals surface area contributed by atoms with Crippen molar-refractivity contribution in [2.75, 3.05) is 12.0 Å². The SMILES string of the molecule is CS(=O)(=O)c1ccc(-c2ccc(Cn3cnc4c(N)ncnc43)c3[nH]c(CN)cc23)cc1. The molecule has 0 aliphatic carbocycles. The number of aromatic nitrogens is 5. The third-order valence-electron chi connectivity index (χ3n) is 5.52. The molecule has 162 valence electrons. The zero-order chi connectivity index (χ0) is 22.5. The van der Waals surface area contributed by atoms with Crippen LogP contribution in [0.3, 0.4) is 0 Å². The van der Waals surface area contributed by atoms with Crippen LogP contribution in [0.5, 0.6) is 0 Å². The second kappa shape index (κ2) is 7.43. The zero-order valence-electron chi connectivity index (χ0n) is 17.3. The van der Waals surface area contributed by atoms with Gasteiger partial charge in [0.25, 0.3) is 0 Å². The van der Waals surface area contributed by atoms with E-state index in [9.17, 15) is 8.42 Å². The van der Waals surface area contributed by atoms with Crippen molar-refractivity contribution in [1.29, 1.82) is 0 Å². The van der Waals surface area contributed by atoms with Crippen LogP contribution in [0.4, 0.5) is 5.82 Å². The van der Waals surface area contributed by atoms with E-state index in [4.69, 9.17) is 11.5 Å². The maximum absolute atomic E-state index is 11.8. The van der Waals surface area contributed by atoms with Crippen LogP contribution in [-0.2, 0) is 22.9 Å². The van der Waals surface area contributed by atoms with Crippen molar-refractivity contribution in [3.05, 3.63) is 66.4 Å². The predicted octanol–water partition coefficient (Wildman–Crippen LogP) is 2.47. The fraction of sp³-hybridized carbons (Fsp3) is 0.136. The van der Waals surface area contributed by atoms with Gasteiger partial charge in [-0.05, 0) is 34.9 Å². The van der Waals surface area contributed by atoms with Crippen LogP contribution in [0.25, 0.3) is 33.2 Å². The minimum Gasteiger partial charge on any atom is -0.382 e. The van der Waals surface area contributed by atoms with E-state index in [1.165, 1.54) is 12.6 Å². The molecule has 10 heteroatoms. The molecule has 0 fully saturated rings. The van der Waals surface area contributed by atoms with Crippen LogP contribution in [-0.4, -0.2) is 39.2 Å². The summed E-state index contributed by atoms with van der Waals surface area (Å²) in [4.78, 5) is 16.4. The Labute approximate surface area is 184 Å². The molecule has 0 aliphatic rings. The number of sulfone groups is 1. The molecule has 0 amide bonds. The quantitative estimate of drug-likeness (QED) is 0.375. The van der Waals surface area contributed by atoms with Crippen molar-refractivity contribution in [2.45, 2.75) is 18.0 Å². The van der Waals surface area contributed by atoms with Gasteiger partial charge in [-0.1, -0.05) is 24.3 Å². The lowest BCUT2D eigenvalue weighted by Gasteiger charge is -2.10. The van der Waals surface area contributed by atoms with Gasteiger partial charge in [-0.25, -0.2) is 23.4 Å². The molecule has 0 aliphatic heterocycles. The van der Waals surface area contributed by atoms with Gasteiger partial charge in [0.05, 0.1) is 23.3 Å². The highest BCUT2D eigenvalue weighted by Crippen LogP contribution is 2.33. The number of nitrogens with one attached hydrogen (secondary N) is 1. The van der Waals surface area contributed by atoms with Gasteiger partial charge in [-0.2, -0.15) is 0 Å². The molecule has 9 nitrogen and oxygen atoms in total. The first-order valence-corrected chi connectivity index (χ1v) is 11.8. The van der Waals surface area contributed by atoms with Crippen LogP contribution in [0.1, 0.15) is 11.3 Å². The number of hydrogen-bond donors (Lipinski definition) is 3. The molecule has 0 saturated carbocycles. The summed E-state index contributed by atoms with van der Waals surface area (Å²) >= 11 is 0. The van der Waals surface area contributed by atoms with Gasteiger partial charge in [-0.15, -0.1) is 0 Å². The first kappa shape index (κ1) is 20.2. The second-order valence-electron chi connectivity index (χ2n) is 7.66. The van der Waals surface area contributed by atoms with Crippen molar-refractivity contribution >= 4 is 37.7 Å². The number of H-pyrrole nitrogens is 1. The number of hydrogen-bond acceptors (Lipinski definition) is 7. The Bertz CT molecular complexity index is 1570. The topological polar surface area (TPSA) is 146 Å². The van der Waals surface area contributed by atoms with E-state index in [0.717, 1.165) is 33.3 Å². The smallest absolute Gasteiger partial charge is 0.175 e. The monoisotopic (exact) mass is 447 g/mol. The Morgan fingerprint density at radius 1 is 1.06 bits per heavy atom. The Morgan fingerprint density at radius 2 is 1.84 bits per heavy atom. The van der Waals surface area contributed by atoms with Gasteiger partial charge in [0.15, 0.2) is 21.3 Å². The standard InChI is InChI=1S/C22H21N7O2S/c1-32(30,31)16-5-2-13(3-6-16)17-7-4-14(19-18(17)8-15(9-23)28-19)10-29-12-27-20-21(24)25-11-26-22(20)29/h2-8,11-12,28H,9-10,23H2,1H3,(H2,24,25,26). The van der Waals surface area contributed by atoms with Crippen molar-refractivity contribution in [3.63, 3.8) is 0 Å². The highest BCUT2D eigenvalue weighted by Gasteiger charge is 2.15.